The lowest BCUT2D eigenvalue weighted by Gasteiger charge is -2.38. The predicted octanol–water partition coefficient (Wildman–Crippen LogP) is 14.3. The van der Waals surface area contributed by atoms with Crippen molar-refractivity contribution in [1.29, 1.82) is 0 Å². The van der Waals surface area contributed by atoms with Gasteiger partial charge in [-0.15, -0.1) is 0 Å². The molecule has 71 heavy (non-hydrogen) atoms. The molecule has 0 fully saturated rings. The molecule has 11 rings (SSSR count). The van der Waals surface area contributed by atoms with E-state index in [1.807, 2.05) is 0 Å². The maximum Gasteiger partial charge on any atom is 0.180 e. The standard InChI is InChI=1S/C70H60Si/c1-52-36-65-34-20-21-35-69(65)70(52)71(66-46-59(37-53-22-8-2-9-23-53)43-60(47-66)38-54-24-10-3-11-25-54,67-48-61(39-55-26-12-4-13-27-55)44-62(49-67)40-56-28-14-5-15-29-56)68-50-63(41-57-30-16-6-17-31-57)45-64(51-68)42-58-32-18-7-19-33-58/h2-35,43-51H,36-42H2,1H3. The summed E-state index contributed by atoms with van der Waals surface area (Å²) in [6.45, 7) is 2.45. The van der Waals surface area contributed by atoms with Crippen LogP contribution in [-0.4, -0.2) is 8.07 Å². The van der Waals surface area contributed by atoms with Crippen molar-refractivity contribution in [2.75, 3.05) is 0 Å². The van der Waals surface area contributed by atoms with Crippen LogP contribution in [0.1, 0.15) is 84.8 Å². The lowest BCUT2D eigenvalue weighted by molar-refractivity contribution is 1.14. The maximum atomic E-state index is 2.65. The van der Waals surface area contributed by atoms with Crippen LogP contribution < -0.4 is 15.6 Å². The van der Waals surface area contributed by atoms with Gasteiger partial charge in [0.15, 0.2) is 8.07 Å². The highest BCUT2D eigenvalue weighted by Gasteiger charge is 2.47. The normalized spacial score (nSPS) is 12.2. The SMILES string of the molecule is CC1=C([Si](c2cc(Cc3ccccc3)cc(Cc3ccccc3)c2)(c2cc(Cc3ccccc3)cc(Cc3ccccc3)c2)c2cc(Cc3ccccc3)cc(Cc3ccccc3)c2)c2ccccc2C1. The molecule has 10 aromatic rings. The molecule has 0 atom stereocenters. The molecule has 0 saturated heterocycles. The van der Waals surface area contributed by atoms with Gasteiger partial charge in [-0.3, -0.25) is 0 Å². The molecule has 0 unspecified atom stereocenters. The van der Waals surface area contributed by atoms with E-state index < -0.39 is 8.07 Å². The van der Waals surface area contributed by atoms with Crippen LogP contribution in [0.15, 0.2) is 266 Å². The average Bonchev–Trinajstić information content (AvgIpc) is 3.74. The molecule has 1 aliphatic carbocycles. The van der Waals surface area contributed by atoms with Crippen LogP contribution in [0.2, 0.25) is 0 Å². The highest BCUT2D eigenvalue weighted by Crippen LogP contribution is 2.40. The first-order valence-corrected chi connectivity index (χ1v) is 27.4. The van der Waals surface area contributed by atoms with Crippen molar-refractivity contribution in [1.82, 2.24) is 0 Å². The Hall–Kier alpha value is -7.84. The van der Waals surface area contributed by atoms with Crippen LogP contribution >= 0.6 is 0 Å². The van der Waals surface area contributed by atoms with E-state index in [1.54, 1.807) is 5.20 Å². The molecule has 344 valence electrons. The maximum absolute atomic E-state index is 3.32. The van der Waals surface area contributed by atoms with Crippen LogP contribution in [0, 0.1) is 0 Å². The second-order valence-corrected chi connectivity index (χ2v) is 23.6. The van der Waals surface area contributed by atoms with Gasteiger partial charge >= 0.3 is 0 Å². The lowest BCUT2D eigenvalue weighted by atomic mass is 9.99. The first-order valence-electron chi connectivity index (χ1n) is 25.4. The predicted molar refractivity (Wildman–Crippen MR) is 302 cm³/mol. The van der Waals surface area contributed by atoms with Gasteiger partial charge in [-0.05, 0) is 151 Å². The Balaban J connectivity index is 1.27. The Kier molecular flexibility index (Phi) is 13.5. The summed E-state index contributed by atoms with van der Waals surface area (Å²) in [6.07, 6.45) is 6.09. The van der Waals surface area contributed by atoms with Crippen molar-refractivity contribution in [3.63, 3.8) is 0 Å². The van der Waals surface area contributed by atoms with Crippen LogP contribution in [0.4, 0.5) is 0 Å². The third kappa shape index (κ3) is 10.4. The van der Waals surface area contributed by atoms with Gasteiger partial charge in [-0.2, -0.15) is 0 Å². The fraction of sp³-hybridized carbons (Fsp3) is 0.114. The van der Waals surface area contributed by atoms with E-state index in [0.717, 1.165) is 44.9 Å². The van der Waals surface area contributed by atoms with Gasteiger partial charge in [-0.25, -0.2) is 0 Å². The second-order valence-electron chi connectivity index (χ2n) is 19.8. The Morgan fingerprint density at radius 1 is 0.268 bits per heavy atom. The summed E-state index contributed by atoms with van der Waals surface area (Å²) in [6, 6.07) is 99.3. The number of rotatable bonds is 16. The van der Waals surface area contributed by atoms with Crippen LogP contribution in [-0.2, 0) is 44.9 Å². The van der Waals surface area contributed by atoms with Gasteiger partial charge in [-0.1, -0.05) is 266 Å². The molecular weight excluding hydrogens is 869 g/mol. The summed E-state index contributed by atoms with van der Waals surface area (Å²) in [5.41, 5.74) is 20.4. The van der Waals surface area contributed by atoms with Crippen molar-refractivity contribution < 1.29 is 0 Å². The Morgan fingerprint density at radius 2 is 0.507 bits per heavy atom. The molecule has 0 spiro atoms. The molecule has 0 radical (unpaired) electrons. The average molecular weight is 929 g/mol. The molecule has 0 heterocycles. The molecule has 0 N–H and O–H groups in total. The van der Waals surface area contributed by atoms with Crippen LogP contribution in [0.25, 0.3) is 5.20 Å². The Bertz CT molecular complexity index is 2920. The summed E-state index contributed by atoms with van der Waals surface area (Å²) in [4.78, 5) is 0. The van der Waals surface area contributed by atoms with E-state index in [0.29, 0.717) is 0 Å². The molecule has 1 aliphatic rings. The summed E-state index contributed by atoms with van der Waals surface area (Å²) in [7, 11) is -3.32. The summed E-state index contributed by atoms with van der Waals surface area (Å²) in [5.74, 6) is 0. The topological polar surface area (TPSA) is 0 Å². The zero-order valence-corrected chi connectivity index (χ0v) is 41.8. The molecule has 0 amide bonds. The van der Waals surface area contributed by atoms with Gasteiger partial charge in [0.1, 0.15) is 0 Å². The van der Waals surface area contributed by atoms with Crippen molar-refractivity contribution >= 4 is 28.8 Å². The minimum Gasteiger partial charge on any atom is -0.0679 e. The third-order valence-corrected chi connectivity index (χ3v) is 19.4. The molecule has 10 aromatic carbocycles. The quantitative estimate of drug-likeness (QED) is 0.0669. The van der Waals surface area contributed by atoms with Crippen molar-refractivity contribution in [3.05, 3.63) is 344 Å². The molecule has 0 bridgehead atoms. The monoisotopic (exact) mass is 928 g/mol. The summed E-state index contributed by atoms with van der Waals surface area (Å²) >= 11 is 0. The lowest BCUT2D eigenvalue weighted by Crippen LogP contribution is -2.68. The van der Waals surface area contributed by atoms with Gasteiger partial charge in [0.25, 0.3) is 0 Å². The van der Waals surface area contributed by atoms with Gasteiger partial charge in [0, 0.05) is 0 Å². The smallest absolute Gasteiger partial charge is 0.0679 e. The number of fused-ring (bicyclic) bond motifs is 1. The van der Waals surface area contributed by atoms with Crippen LogP contribution in [0.3, 0.4) is 0 Å². The van der Waals surface area contributed by atoms with E-state index in [9.17, 15) is 0 Å². The second kappa shape index (κ2) is 21.0. The Labute approximate surface area is 422 Å². The zero-order valence-electron chi connectivity index (χ0n) is 40.8. The van der Waals surface area contributed by atoms with Crippen molar-refractivity contribution in [3.8, 4) is 0 Å². The summed E-state index contributed by atoms with van der Waals surface area (Å²) < 4.78 is 0. The van der Waals surface area contributed by atoms with E-state index >= 15 is 0 Å². The van der Waals surface area contributed by atoms with Crippen molar-refractivity contribution in [2.45, 2.75) is 51.9 Å². The largest absolute Gasteiger partial charge is 0.180 e. The number of benzene rings is 10. The molecule has 0 aromatic heterocycles. The highest BCUT2D eigenvalue weighted by molar-refractivity contribution is 7.23. The van der Waals surface area contributed by atoms with Crippen LogP contribution in [0.5, 0.6) is 0 Å². The third-order valence-electron chi connectivity index (χ3n) is 14.5. The van der Waals surface area contributed by atoms with Gasteiger partial charge in [0.2, 0.25) is 0 Å². The Morgan fingerprint density at radius 3 is 0.775 bits per heavy atom. The van der Waals surface area contributed by atoms with E-state index in [2.05, 4.69) is 268 Å². The molecular formula is C70H60Si. The minimum atomic E-state index is -3.32. The first kappa shape index (κ1) is 45.6. The molecule has 0 saturated carbocycles. The van der Waals surface area contributed by atoms with Gasteiger partial charge < -0.3 is 0 Å². The molecule has 0 aliphatic heterocycles. The van der Waals surface area contributed by atoms with Crippen molar-refractivity contribution in [2.24, 2.45) is 0 Å². The fourth-order valence-electron chi connectivity index (χ4n) is 11.5. The molecule has 0 nitrogen and oxygen atoms in total. The zero-order chi connectivity index (χ0) is 47.8. The highest BCUT2D eigenvalue weighted by atomic mass is 28.3. The van der Waals surface area contributed by atoms with E-state index in [4.69, 9.17) is 0 Å². The summed E-state index contributed by atoms with van der Waals surface area (Å²) in [5, 5.41) is 5.90. The van der Waals surface area contributed by atoms with Gasteiger partial charge in [0.05, 0.1) is 0 Å². The number of hydrogen-bond acceptors (Lipinski definition) is 0. The molecule has 1 heteroatoms. The number of allylic oxidation sites excluding steroid dienone is 1. The van der Waals surface area contributed by atoms with E-state index in [1.165, 1.54) is 99.0 Å². The van der Waals surface area contributed by atoms with E-state index in [-0.39, 0.29) is 0 Å². The first-order chi connectivity index (χ1) is 35.0. The number of hydrogen-bond donors (Lipinski definition) is 0. The minimum absolute atomic E-state index is 0.857. The fourth-order valence-corrected chi connectivity index (χ4v) is 17.2.